The van der Waals surface area contributed by atoms with Crippen molar-refractivity contribution in [3.05, 3.63) is 74.2 Å². The molecule has 7 rings (SSSR count). The normalized spacial score (nSPS) is 22.8. The number of halogens is 1. The standard InChI is InChI=1S/C26H25ClN6O4/c1-12-7-15(13(2)28-17-5-6-18(27)29-20(17)22(35)36)19-16(8-12)21(34)33(4)23(30-19)25-9-26(10-25,11-25)24-32-31-14(3)37-24/h5-8,13,28H,9-11H2,1-4H3,(H,35,36)/t13-,25?,26?/m1/s1. The van der Waals surface area contributed by atoms with Gasteiger partial charge in [0.2, 0.25) is 11.8 Å². The van der Waals surface area contributed by atoms with E-state index in [1.807, 2.05) is 26.0 Å². The number of anilines is 1. The summed E-state index contributed by atoms with van der Waals surface area (Å²) in [4.78, 5) is 34.3. The average Bonchev–Trinajstić information content (AvgIpc) is 3.22. The van der Waals surface area contributed by atoms with Crippen LogP contribution >= 0.6 is 11.6 Å². The monoisotopic (exact) mass is 520 g/mol. The molecule has 0 radical (unpaired) electrons. The third-order valence-electron chi connectivity index (χ3n) is 7.74. The molecule has 0 spiro atoms. The number of hydrogen-bond donors (Lipinski definition) is 2. The maximum absolute atomic E-state index is 13.5. The summed E-state index contributed by atoms with van der Waals surface area (Å²) in [6, 6.07) is 6.59. The van der Waals surface area contributed by atoms with Gasteiger partial charge in [-0.2, -0.15) is 0 Å². The molecule has 3 saturated carbocycles. The third kappa shape index (κ3) is 3.46. The van der Waals surface area contributed by atoms with Crippen LogP contribution in [0.3, 0.4) is 0 Å². The van der Waals surface area contributed by atoms with Crippen LogP contribution in [0.1, 0.15) is 71.4 Å². The van der Waals surface area contributed by atoms with E-state index < -0.39 is 5.97 Å². The molecule has 37 heavy (non-hydrogen) atoms. The van der Waals surface area contributed by atoms with Crippen LogP contribution in [-0.4, -0.2) is 35.8 Å². The van der Waals surface area contributed by atoms with E-state index in [0.717, 1.165) is 36.2 Å². The molecule has 2 N–H and O–H groups in total. The molecular formula is C26H25ClN6O4. The number of carbonyl (C=O) groups is 1. The molecule has 190 valence electrons. The molecule has 10 nitrogen and oxygen atoms in total. The van der Waals surface area contributed by atoms with Crippen LogP contribution < -0.4 is 10.9 Å². The SMILES string of the molecule is Cc1cc([C@@H](C)Nc2ccc(Cl)nc2C(=O)O)c2nc(C34CC(c5nnc(C)o5)(C3)C4)n(C)c(=O)c2c1. The lowest BCUT2D eigenvalue weighted by Gasteiger charge is -2.68. The molecule has 1 aromatic carbocycles. The highest BCUT2D eigenvalue weighted by Gasteiger charge is 2.73. The van der Waals surface area contributed by atoms with E-state index in [-0.39, 0.29) is 33.3 Å². The second-order valence-corrected chi connectivity index (χ2v) is 10.9. The molecular weight excluding hydrogens is 496 g/mol. The van der Waals surface area contributed by atoms with Crippen molar-refractivity contribution >= 4 is 34.2 Å². The molecule has 3 heterocycles. The smallest absolute Gasteiger partial charge is 0.356 e. The van der Waals surface area contributed by atoms with Crippen molar-refractivity contribution in [3.8, 4) is 0 Å². The van der Waals surface area contributed by atoms with Crippen molar-refractivity contribution in [3.63, 3.8) is 0 Å². The molecule has 3 aliphatic carbocycles. The van der Waals surface area contributed by atoms with Crippen molar-refractivity contribution in [2.45, 2.75) is 56.9 Å². The van der Waals surface area contributed by atoms with Crippen LogP contribution in [0.5, 0.6) is 0 Å². The van der Waals surface area contributed by atoms with E-state index in [1.165, 1.54) is 6.07 Å². The average molecular weight is 521 g/mol. The van der Waals surface area contributed by atoms with E-state index in [1.54, 1.807) is 24.6 Å². The molecule has 0 saturated heterocycles. The second-order valence-electron chi connectivity index (χ2n) is 10.5. The Kier molecular flexibility index (Phi) is 5.01. The highest BCUT2D eigenvalue weighted by atomic mass is 35.5. The Balaban J connectivity index is 1.40. The number of nitrogens with zero attached hydrogens (tertiary/aromatic N) is 5. The fraction of sp³-hybridized carbons (Fsp3) is 0.385. The summed E-state index contributed by atoms with van der Waals surface area (Å²) in [6.07, 6.45) is 2.42. The summed E-state index contributed by atoms with van der Waals surface area (Å²) in [5.74, 6) is 0.778. The number of aromatic nitrogens is 5. The summed E-state index contributed by atoms with van der Waals surface area (Å²) in [6.45, 7) is 5.61. The van der Waals surface area contributed by atoms with Gasteiger partial charge in [-0.25, -0.2) is 14.8 Å². The Bertz CT molecular complexity index is 1660. The molecule has 3 fully saturated rings. The maximum atomic E-state index is 13.5. The van der Waals surface area contributed by atoms with Crippen LogP contribution in [-0.2, 0) is 17.9 Å². The Hall–Kier alpha value is -3.79. The number of benzene rings is 1. The molecule has 11 heteroatoms. The summed E-state index contributed by atoms with van der Waals surface area (Å²) < 4.78 is 7.38. The molecule has 4 aromatic rings. The molecule has 1 atom stereocenters. The Morgan fingerprint density at radius 3 is 2.54 bits per heavy atom. The van der Waals surface area contributed by atoms with Crippen LogP contribution in [0, 0.1) is 13.8 Å². The summed E-state index contributed by atoms with van der Waals surface area (Å²) in [5.41, 5.74) is 2.03. The molecule has 0 amide bonds. The first-order chi connectivity index (χ1) is 17.5. The number of aryl methyl sites for hydroxylation is 2. The summed E-state index contributed by atoms with van der Waals surface area (Å²) in [5, 5.41) is 21.7. The highest BCUT2D eigenvalue weighted by Crippen LogP contribution is 2.73. The van der Waals surface area contributed by atoms with Crippen LogP contribution in [0.2, 0.25) is 5.15 Å². The Morgan fingerprint density at radius 1 is 1.16 bits per heavy atom. The molecule has 2 bridgehead atoms. The quantitative estimate of drug-likeness (QED) is 0.358. The first-order valence-corrected chi connectivity index (χ1v) is 12.4. The van der Waals surface area contributed by atoms with Gasteiger partial charge < -0.3 is 14.8 Å². The van der Waals surface area contributed by atoms with E-state index in [9.17, 15) is 14.7 Å². The fourth-order valence-electron chi connectivity index (χ4n) is 6.15. The van der Waals surface area contributed by atoms with Gasteiger partial charge in [0.05, 0.1) is 28.0 Å². The lowest BCUT2D eigenvalue weighted by Crippen LogP contribution is -2.68. The Labute approximate surface area is 216 Å². The van der Waals surface area contributed by atoms with Crippen LogP contribution in [0.15, 0.2) is 33.5 Å². The van der Waals surface area contributed by atoms with E-state index in [4.69, 9.17) is 21.0 Å². The van der Waals surface area contributed by atoms with Crippen molar-refractivity contribution in [2.24, 2.45) is 7.05 Å². The number of carboxylic acids is 1. The zero-order valence-corrected chi connectivity index (χ0v) is 21.5. The largest absolute Gasteiger partial charge is 0.476 e. The zero-order valence-electron chi connectivity index (χ0n) is 20.8. The van der Waals surface area contributed by atoms with E-state index in [0.29, 0.717) is 28.4 Å². The molecule has 0 aliphatic heterocycles. The highest BCUT2D eigenvalue weighted by molar-refractivity contribution is 6.29. The van der Waals surface area contributed by atoms with Crippen molar-refractivity contribution < 1.29 is 14.3 Å². The molecule has 3 aromatic heterocycles. The van der Waals surface area contributed by atoms with Gasteiger partial charge in [-0.3, -0.25) is 9.36 Å². The number of carboxylic acid groups (broad SMARTS) is 1. The number of nitrogens with one attached hydrogen (secondary N) is 1. The van der Waals surface area contributed by atoms with Gasteiger partial charge in [-0.05, 0) is 56.9 Å². The topological polar surface area (TPSA) is 136 Å². The number of pyridine rings is 1. The van der Waals surface area contributed by atoms with Crippen molar-refractivity contribution in [1.29, 1.82) is 0 Å². The van der Waals surface area contributed by atoms with Gasteiger partial charge in [0, 0.05) is 24.9 Å². The van der Waals surface area contributed by atoms with E-state index >= 15 is 0 Å². The van der Waals surface area contributed by atoms with Gasteiger partial charge >= 0.3 is 5.97 Å². The van der Waals surface area contributed by atoms with Gasteiger partial charge in [0.25, 0.3) is 5.56 Å². The van der Waals surface area contributed by atoms with Crippen molar-refractivity contribution in [2.75, 3.05) is 5.32 Å². The van der Waals surface area contributed by atoms with Crippen LogP contribution in [0.4, 0.5) is 5.69 Å². The maximum Gasteiger partial charge on any atom is 0.356 e. The second kappa shape index (κ2) is 7.85. The number of rotatable bonds is 6. The number of fused-ring (bicyclic) bond motifs is 1. The predicted molar refractivity (Wildman–Crippen MR) is 136 cm³/mol. The molecule has 0 unspecified atom stereocenters. The zero-order chi connectivity index (χ0) is 26.3. The van der Waals surface area contributed by atoms with Crippen molar-refractivity contribution in [1.82, 2.24) is 24.7 Å². The first kappa shape index (κ1) is 23.6. The lowest BCUT2D eigenvalue weighted by atomic mass is 9.34. The predicted octanol–water partition coefficient (Wildman–Crippen LogP) is 4.23. The van der Waals surface area contributed by atoms with Gasteiger partial charge in [0.15, 0.2) is 5.69 Å². The minimum absolute atomic E-state index is 0.0958. The third-order valence-corrected chi connectivity index (χ3v) is 7.95. The Morgan fingerprint density at radius 2 is 1.89 bits per heavy atom. The number of aromatic carboxylic acids is 1. The van der Waals surface area contributed by atoms with E-state index in [2.05, 4.69) is 20.5 Å². The van der Waals surface area contributed by atoms with Gasteiger partial charge in [-0.15, -0.1) is 10.2 Å². The first-order valence-electron chi connectivity index (χ1n) is 12.0. The minimum Gasteiger partial charge on any atom is -0.476 e. The molecule has 3 aliphatic rings. The summed E-state index contributed by atoms with van der Waals surface area (Å²) >= 11 is 5.92. The lowest BCUT2D eigenvalue weighted by molar-refractivity contribution is -0.0946. The minimum atomic E-state index is -1.19. The number of hydrogen-bond acceptors (Lipinski definition) is 8. The fourth-order valence-corrected chi connectivity index (χ4v) is 6.29. The van der Waals surface area contributed by atoms with Gasteiger partial charge in [0.1, 0.15) is 11.0 Å². The van der Waals surface area contributed by atoms with Crippen LogP contribution in [0.25, 0.3) is 10.9 Å². The van der Waals surface area contributed by atoms with Gasteiger partial charge in [-0.1, -0.05) is 17.7 Å². The summed E-state index contributed by atoms with van der Waals surface area (Å²) in [7, 11) is 1.77.